The second-order valence-corrected chi connectivity index (χ2v) is 7.31. The van der Waals surface area contributed by atoms with Gasteiger partial charge in [-0.05, 0) is 48.9 Å². The average Bonchev–Trinajstić information content (AvgIpc) is 3.18. The fraction of sp³-hybridized carbons (Fsp3) is 0.200. The standard InChI is InChI=1S/C20H20ClN3O3S/c1-12-9-17(26-3)18(27-4)10-15(12)16-11-28-20(23-16)24(2)19(25)22-14-7-5-13(21)6-8-14/h5-11H,1-4H3,(H,22,25). The van der Waals surface area contributed by atoms with Gasteiger partial charge in [-0.1, -0.05) is 11.6 Å². The van der Waals surface area contributed by atoms with Gasteiger partial charge >= 0.3 is 6.03 Å². The summed E-state index contributed by atoms with van der Waals surface area (Å²) in [5, 5.41) is 5.92. The third-order valence-corrected chi connectivity index (χ3v) is 5.35. The summed E-state index contributed by atoms with van der Waals surface area (Å²) in [5.41, 5.74) is 3.35. The van der Waals surface area contributed by atoms with E-state index in [4.69, 9.17) is 21.1 Å². The molecule has 0 aliphatic carbocycles. The maximum atomic E-state index is 12.5. The number of rotatable bonds is 5. The minimum Gasteiger partial charge on any atom is -0.493 e. The quantitative estimate of drug-likeness (QED) is 0.598. The topological polar surface area (TPSA) is 63.7 Å². The molecule has 28 heavy (non-hydrogen) atoms. The first-order chi connectivity index (χ1) is 13.4. The Morgan fingerprint density at radius 2 is 1.79 bits per heavy atom. The molecule has 0 spiro atoms. The zero-order chi connectivity index (χ0) is 20.3. The summed E-state index contributed by atoms with van der Waals surface area (Å²) in [5.74, 6) is 1.30. The monoisotopic (exact) mass is 417 g/mol. The molecule has 146 valence electrons. The maximum absolute atomic E-state index is 12.5. The molecule has 0 bridgehead atoms. The summed E-state index contributed by atoms with van der Waals surface area (Å²) >= 11 is 7.26. The number of halogens is 1. The number of hydrogen-bond donors (Lipinski definition) is 1. The summed E-state index contributed by atoms with van der Waals surface area (Å²) < 4.78 is 10.7. The summed E-state index contributed by atoms with van der Waals surface area (Å²) in [6.07, 6.45) is 0. The Morgan fingerprint density at radius 1 is 1.14 bits per heavy atom. The number of nitrogens with zero attached hydrogens (tertiary/aromatic N) is 2. The number of ether oxygens (including phenoxy) is 2. The molecular weight excluding hydrogens is 398 g/mol. The number of benzene rings is 2. The van der Waals surface area contributed by atoms with Gasteiger partial charge in [0.15, 0.2) is 16.6 Å². The van der Waals surface area contributed by atoms with Crippen molar-refractivity contribution in [1.82, 2.24) is 4.98 Å². The molecular formula is C20H20ClN3O3S. The molecule has 0 saturated heterocycles. The number of carbonyl (C=O) groups excluding carboxylic acids is 1. The van der Waals surface area contributed by atoms with E-state index in [-0.39, 0.29) is 6.03 Å². The Kier molecular flexibility index (Phi) is 6.06. The Hall–Kier alpha value is -2.77. The lowest BCUT2D eigenvalue weighted by atomic mass is 10.1. The van der Waals surface area contributed by atoms with E-state index >= 15 is 0 Å². The molecule has 3 aromatic rings. The van der Waals surface area contributed by atoms with Crippen molar-refractivity contribution in [3.8, 4) is 22.8 Å². The predicted molar refractivity (Wildman–Crippen MR) is 114 cm³/mol. The van der Waals surface area contributed by atoms with E-state index in [9.17, 15) is 4.79 Å². The van der Waals surface area contributed by atoms with Gasteiger partial charge in [-0.25, -0.2) is 9.78 Å². The highest BCUT2D eigenvalue weighted by Gasteiger charge is 2.17. The molecule has 2 amide bonds. The van der Waals surface area contributed by atoms with E-state index in [1.165, 1.54) is 16.2 Å². The van der Waals surface area contributed by atoms with E-state index < -0.39 is 0 Å². The third-order valence-electron chi connectivity index (χ3n) is 4.19. The smallest absolute Gasteiger partial charge is 0.327 e. The van der Waals surface area contributed by atoms with E-state index in [0.29, 0.717) is 27.3 Å². The van der Waals surface area contributed by atoms with Crippen molar-refractivity contribution in [2.75, 3.05) is 31.5 Å². The minimum atomic E-state index is -0.285. The SMILES string of the molecule is COc1cc(C)c(-c2csc(N(C)C(=O)Nc3ccc(Cl)cc3)n2)cc1OC. The van der Waals surface area contributed by atoms with Crippen molar-refractivity contribution in [2.45, 2.75) is 6.92 Å². The average molecular weight is 418 g/mol. The normalized spacial score (nSPS) is 10.5. The number of urea groups is 1. The van der Waals surface area contributed by atoms with Gasteiger partial charge in [0.1, 0.15) is 0 Å². The molecule has 6 nitrogen and oxygen atoms in total. The molecule has 2 aromatic carbocycles. The van der Waals surface area contributed by atoms with Crippen molar-refractivity contribution < 1.29 is 14.3 Å². The zero-order valence-corrected chi connectivity index (χ0v) is 17.5. The summed E-state index contributed by atoms with van der Waals surface area (Å²) in [4.78, 5) is 18.6. The van der Waals surface area contributed by atoms with Crippen LogP contribution < -0.4 is 19.7 Å². The Labute approximate surface area is 172 Å². The molecule has 0 aliphatic heterocycles. The predicted octanol–water partition coefficient (Wildman–Crippen LogP) is 5.46. The molecule has 0 aliphatic rings. The number of thiazole rings is 1. The van der Waals surface area contributed by atoms with Crippen molar-refractivity contribution in [2.24, 2.45) is 0 Å². The van der Waals surface area contributed by atoms with Crippen molar-refractivity contribution in [3.63, 3.8) is 0 Å². The Balaban J connectivity index is 1.81. The lowest BCUT2D eigenvalue weighted by Crippen LogP contribution is -2.31. The zero-order valence-electron chi connectivity index (χ0n) is 15.9. The van der Waals surface area contributed by atoms with Crippen molar-refractivity contribution in [3.05, 3.63) is 52.4 Å². The highest BCUT2D eigenvalue weighted by Crippen LogP contribution is 2.36. The van der Waals surface area contributed by atoms with Gasteiger partial charge in [-0.15, -0.1) is 11.3 Å². The van der Waals surface area contributed by atoms with E-state index in [2.05, 4.69) is 10.3 Å². The lowest BCUT2D eigenvalue weighted by Gasteiger charge is -2.15. The number of methoxy groups -OCH3 is 2. The van der Waals surface area contributed by atoms with Gasteiger partial charge in [-0.3, -0.25) is 4.90 Å². The van der Waals surface area contributed by atoms with Gasteiger partial charge in [0.2, 0.25) is 0 Å². The molecule has 0 fully saturated rings. The highest BCUT2D eigenvalue weighted by molar-refractivity contribution is 7.14. The van der Waals surface area contributed by atoms with Crippen LogP contribution in [-0.4, -0.2) is 32.3 Å². The Bertz CT molecular complexity index is 989. The van der Waals surface area contributed by atoms with Gasteiger partial charge in [-0.2, -0.15) is 0 Å². The molecule has 0 unspecified atom stereocenters. The van der Waals surface area contributed by atoms with Crippen molar-refractivity contribution in [1.29, 1.82) is 0 Å². The second-order valence-electron chi connectivity index (χ2n) is 6.03. The summed E-state index contributed by atoms with van der Waals surface area (Å²) in [6, 6.07) is 10.4. The molecule has 0 saturated carbocycles. The molecule has 1 aromatic heterocycles. The van der Waals surface area contributed by atoms with E-state index in [1.807, 2.05) is 24.4 Å². The summed E-state index contributed by atoms with van der Waals surface area (Å²) in [7, 11) is 4.87. The molecule has 3 rings (SSSR count). The van der Waals surface area contributed by atoms with Gasteiger partial charge in [0.25, 0.3) is 0 Å². The Morgan fingerprint density at radius 3 is 2.43 bits per heavy atom. The van der Waals surface area contributed by atoms with Crippen LogP contribution in [0.1, 0.15) is 5.56 Å². The first-order valence-electron chi connectivity index (χ1n) is 8.41. The first kappa shape index (κ1) is 20.0. The van der Waals surface area contributed by atoms with Crippen LogP contribution >= 0.6 is 22.9 Å². The van der Waals surface area contributed by atoms with Crippen LogP contribution in [0.25, 0.3) is 11.3 Å². The largest absolute Gasteiger partial charge is 0.493 e. The fourth-order valence-corrected chi connectivity index (χ4v) is 3.54. The lowest BCUT2D eigenvalue weighted by molar-refractivity contribution is 0.258. The number of nitrogens with one attached hydrogen (secondary N) is 1. The second kappa shape index (κ2) is 8.50. The third kappa shape index (κ3) is 4.21. The van der Waals surface area contributed by atoms with Crippen LogP contribution in [0.5, 0.6) is 11.5 Å². The number of amides is 2. The fourth-order valence-electron chi connectivity index (χ4n) is 2.63. The maximum Gasteiger partial charge on any atom is 0.327 e. The van der Waals surface area contributed by atoms with E-state index in [1.54, 1.807) is 45.5 Å². The molecule has 8 heteroatoms. The van der Waals surface area contributed by atoms with E-state index in [0.717, 1.165) is 16.8 Å². The number of hydrogen-bond acceptors (Lipinski definition) is 5. The molecule has 0 radical (unpaired) electrons. The number of aryl methyl sites for hydroxylation is 1. The van der Waals surface area contributed by atoms with Gasteiger partial charge in [0, 0.05) is 28.7 Å². The summed E-state index contributed by atoms with van der Waals surface area (Å²) in [6.45, 7) is 1.98. The first-order valence-corrected chi connectivity index (χ1v) is 9.67. The van der Waals surface area contributed by atoms with Gasteiger partial charge < -0.3 is 14.8 Å². The molecule has 1 heterocycles. The van der Waals surface area contributed by atoms with Crippen LogP contribution in [0, 0.1) is 6.92 Å². The molecule has 1 N–H and O–H groups in total. The number of carbonyl (C=O) groups is 1. The van der Waals surface area contributed by atoms with Crippen LogP contribution in [-0.2, 0) is 0 Å². The van der Waals surface area contributed by atoms with Crippen LogP contribution in [0.15, 0.2) is 41.8 Å². The van der Waals surface area contributed by atoms with Crippen molar-refractivity contribution >= 4 is 39.8 Å². The minimum absolute atomic E-state index is 0.285. The molecule has 0 atom stereocenters. The van der Waals surface area contributed by atoms with Gasteiger partial charge in [0.05, 0.1) is 19.9 Å². The van der Waals surface area contributed by atoms with Crippen LogP contribution in [0.2, 0.25) is 5.02 Å². The number of anilines is 2. The van der Waals surface area contributed by atoms with Crippen LogP contribution in [0.4, 0.5) is 15.6 Å². The highest BCUT2D eigenvalue weighted by atomic mass is 35.5. The van der Waals surface area contributed by atoms with Crippen LogP contribution in [0.3, 0.4) is 0 Å². The number of aromatic nitrogens is 1.